The SMILES string of the molecule is Cc1cccc(C)c1Nc1c(C2C=CC=C2)nc2ccccn12. The first-order chi connectivity index (χ1) is 11.2. The second kappa shape index (κ2) is 5.43. The maximum atomic E-state index is 4.85. The van der Waals surface area contributed by atoms with Crippen LogP contribution in [0.4, 0.5) is 11.5 Å². The molecule has 3 nitrogen and oxygen atoms in total. The number of anilines is 2. The van der Waals surface area contributed by atoms with Gasteiger partial charge in [0.15, 0.2) is 0 Å². The molecule has 0 radical (unpaired) electrons. The van der Waals surface area contributed by atoms with Gasteiger partial charge in [0.05, 0.1) is 5.69 Å². The van der Waals surface area contributed by atoms with Crippen molar-refractivity contribution in [3.05, 3.63) is 83.7 Å². The Morgan fingerprint density at radius 1 is 0.957 bits per heavy atom. The summed E-state index contributed by atoms with van der Waals surface area (Å²) in [5, 5.41) is 3.64. The van der Waals surface area contributed by atoms with E-state index in [-0.39, 0.29) is 5.92 Å². The second-order valence-electron chi connectivity index (χ2n) is 5.96. The second-order valence-corrected chi connectivity index (χ2v) is 5.96. The van der Waals surface area contributed by atoms with Crippen molar-refractivity contribution in [2.75, 3.05) is 5.32 Å². The number of benzene rings is 1. The van der Waals surface area contributed by atoms with E-state index in [1.165, 1.54) is 11.1 Å². The summed E-state index contributed by atoms with van der Waals surface area (Å²) in [6.07, 6.45) is 10.6. The molecule has 23 heavy (non-hydrogen) atoms. The summed E-state index contributed by atoms with van der Waals surface area (Å²) < 4.78 is 2.13. The van der Waals surface area contributed by atoms with E-state index in [0.29, 0.717) is 0 Å². The predicted molar refractivity (Wildman–Crippen MR) is 95.4 cm³/mol. The number of hydrogen-bond donors (Lipinski definition) is 1. The molecule has 0 fully saturated rings. The molecular weight excluding hydrogens is 282 g/mol. The topological polar surface area (TPSA) is 29.3 Å². The molecule has 2 aromatic heterocycles. The third kappa shape index (κ3) is 2.34. The van der Waals surface area contributed by atoms with Crippen LogP contribution >= 0.6 is 0 Å². The Hall–Kier alpha value is -2.81. The molecule has 0 unspecified atom stereocenters. The van der Waals surface area contributed by atoms with Gasteiger partial charge in [0, 0.05) is 17.8 Å². The van der Waals surface area contributed by atoms with Gasteiger partial charge in [-0.3, -0.25) is 4.40 Å². The minimum Gasteiger partial charge on any atom is -0.339 e. The average Bonchev–Trinajstić information content (AvgIpc) is 3.19. The highest BCUT2D eigenvalue weighted by Crippen LogP contribution is 2.33. The number of para-hydroxylation sites is 1. The minimum absolute atomic E-state index is 0.224. The maximum Gasteiger partial charge on any atom is 0.139 e. The fourth-order valence-electron chi connectivity index (χ4n) is 3.11. The standard InChI is InChI=1S/C20H19N3/c1-14-8-7-9-15(2)18(14)22-20-19(16-10-3-4-11-16)21-17-12-5-6-13-23(17)20/h3-13,16,22H,1-2H3. The van der Waals surface area contributed by atoms with E-state index >= 15 is 0 Å². The van der Waals surface area contributed by atoms with Crippen LogP contribution < -0.4 is 5.32 Å². The van der Waals surface area contributed by atoms with Crippen LogP contribution in [0.2, 0.25) is 0 Å². The summed E-state index contributed by atoms with van der Waals surface area (Å²) in [6.45, 7) is 4.27. The number of nitrogens with one attached hydrogen (secondary N) is 1. The molecule has 1 aliphatic rings. The lowest BCUT2D eigenvalue weighted by molar-refractivity contribution is 1.04. The highest BCUT2D eigenvalue weighted by molar-refractivity contribution is 5.70. The van der Waals surface area contributed by atoms with Crippen LogP contribution in [0.25, 0.3) is 5.65 Å². The van der Waals surface area contributed by atoms with Gasteiger partial charge in [-0.15, -0.1) is 0 Å². The summed E-state index contributed by atoms with van der Waals surface area (Å²) in [6, 6.07) is 12.5. The Morgan fingerprint density at radius 2 is 1.70 bits per heavy atom. The molecule has 1 aliphatic carbocycles. The van der Waals surface area contributed by atoms with Crippen molar-refractivity contribution < 1.29 is 0 Å². The number of aromatic nitrogens is 2. The van der Waals surface area contributed by atoms with Crippen LogP contribution in [-0.4, -0.2) is 9.38 Å². The zero-order chi connectivity index (χ0) is 15.8. The van der Waals surface area contributed by atoms with Crippen LogP contribution in [0.3, 0.4) is 0 Å². The Labute approximate surface area is 136 Å². The van der Waals surface area contributed by atoms with Crippen LogP contribution in [0.5, 0.6) is 0 Å². The molecule has 114 valence electrons. The number of hydrogen-bond acceptors (Lipinski definition) is 2. The monoisotopic (exact) mass is 301 g/mol. The Kier molecular flexibility index (Phi) is 3.27. The fraction of sp³-hybridized carbons (Fsp3) is 0.150. The van der Waals surface area contributed by atoms with Gasteiger partial charge < -0.3 is 5.32 Å². The largest absolute Gasteiger partial charge is 0.339 e. The Bertz CT molecular complexity index is 899. The van der Waals surface area contributed by atoms with E-state index in [1.807, 2.05) is 18.2 Å². The first kappa shape index (κ1) is 13.8. The third-order valence-electron chi connectivity index (χ3n) is 4.35. The van der Waals surface area contributed by atoms with Crippen molar-refractivity contribution in [3.8, 4) is 0 Å². The first-order valence-electron chi connectivity index (χ1n) is 7.89. The highest BCUT2D eigenvalue weighted by atomic mass is 15.1. The van der Waals surface area contributed by atoms with Crippen LogP contribution in [-0.2, 0) is 0 Å². The molecule has 0 saturated carbocycles. The average molecular weight is 301 g/mol. The zero-order valence-corrected chi connectivity index (χ0v) is 13.3. The van der Waals surface area contributed by atoms with Crippen LogP contribution in [0.1, 0.15) is 22.7 Å². The van der Waals surface area contributed by atoms with Gasteiger partial charge in [0.2, 0.25) is 0 Å². The number of nitrogens with zero attached hydrogens (tertiary/aromatic N) is 2. The smallest absolute Gasteiger partial charge is 0.139 e. The van der Waals surface area contributed by atoms with Crippen molar-refractivity contribution in [1.29, 1.82) is 0 Å². The van der Waals surface area contributed by atoms with E-state index in [9.17, 15) is 0 Å². The molecule has 0 saturated heterocycles. The fourth-order valence-corrected chi connectivity index (χ4v) is 3.11. The molecule has 1 N–H and O–H groups in total. The van der Waals surface area contributed by atoms with Crippen LogP contribution in [0, 0.1) is 13.8 Å². The Balaban J connectivity index is 1.89. The summed E-state index contributed by atoms with van der Waals surface area (Å²) in [7, 11) is 0. The highest BCUT2D eigenvalue weighted by Gasteiger charge is 2.19. The molecular formula is C20H19N3. The molecule has 0 bridgehead atoms. The van der Waals surface area contributed by atoms with Crippen LogP contribution in [0.15, 0.2) is 66.9 Å². The van der Waals surface area contributed by atoms with Crippen molar-refractivity contribution in [3.63, 3.8) is 0 Å². The van der Waals surface area contributed by atoms with Gasteiger partial charge in [-0.2, -0.15) is 0 Å². The molecule has 2 heterocycles. The molecule has 0 amide bonds. The number of pyridine rings is 1. The van der Waals surface area contributed by atoms with Gasteiger partial charge in [-0.05, 0) is 37.1 Å². The molecule has 4 rings (SSSR count). The molecule has 3 heteroatoms. The number of imidazole rings is 1. The van der Waals surface area contributed by atoms with Crippen molar-refractivity contribution >= 4 is 17.2 Å². The third-order valence-corrected chi connectivity index (χ3v) is 4.35. The van der Waals surface area contributed by atoms with Gasteiger partial charge >= 0.3 is 0 Å². The van der Waals surface area contributed by atoms with E-state index < -0.39 is 0 Å². The van der Waals surface area contributed by atoms with Gasteiger partial charge in [0.25, 0.3) is 0 Å². The van der Waals surface area contributed by atoms with Crippen molar-refractivity contribution in [1.82, 2.24) is 9.38 Å². The number of rotatable bonds is 3. The lowest BCUT2D eigenvalue weighted by atomic mass is 10.1. The first-order valence-corrected chi connectivity index (χ1v) is 7.89. The summed E-state index contributed by atoms with van der Waals surface area (Å²) in [5.74, 6) is 1.26. The molecule has 0 spiro atoms. The molecule has 3 aromatic rings. The van der Waals surface area contributed by atoms with Gasteiger partial charge in [0.1, 0.15) is 11.5 Å². The lowest BCUT2D eigenvalue weighted by Gasteiger charge is -2.15. The number of fused-ring (bicyclic) bond motifs is 1. The predicted octanol–water partition coefficient (Wildman–Crippen LogP) is 4.90. The molecule has 0 atom stereocenters. The van der Waals surface area contributed by atoms with Crippen molar-refractivity contribution in [2.45, 2.75) is 19.8 Å². The van der Waals surface area contributed by atoms with Crippen molar-refractivity contribution in [2.24, 2.45) is 0 Å². The maximum absolute atomic E-state index is 4.85. The van der Waals surface area contributed by atoms with E-state index in [1.54, 1.807) is 0 Å². The summed E-state index contributed by atoms with van der Waals surface area (Å²) in [4.78, 5) is 4.85. The lowest BCUT2D eigenvalue weighted by Crippen LogP contribution is -2.03. The Morgan fingerprint density at radius 3 is 2.43 bits per heavy atom. The number of allylic oxidation sites excluding steroid dienone is 4. The number of aryl methyl sites for hydroxylation is 2. The summed E-state index contributed by atoms with van der Waals surface area (Å²) >= 11 is 0. The van der Waals surface area contributed by atoms with Gasteiger partial charge in [-0.25, -0.2) is 4.98 Å². The van der Waals surface area contributed by atoms with E-state index in [2.05, 4.69) is 72.3 Å². The quantitative estimate of drug-likeness (QED) is 0.745. The molecule has 1 aromatic carbocycles. The molecule has 0 aliphatic heterocycles. The van der Waals surface area contributed by atoms with Gasteiger partial charge in [-0.1, -0.05) is 48.6 Å². The van der Waals surface area contributed by atoms with E-state index in [0.717, 1.165) is 22.8 Å². The zero-order valence-electron chi connectivity index (χ0n) is 13.3. The minimum atomic E-state index is 0.224. The summed E-state index contributed by atoms with van der Waals surface area (Å²) in [5.41, 5.74) is 5.65. The van der Waals surface area contributed by atoms with E-state index in [4.69, 9.17) is 4.98 Å². The normalized spacial score (nSPS) is 14.0.